The number of carbonyl (C=O) groups excluding carboxylic acids is 2. The van der Waals surface area contributed by atoms with Crippen molar-refractivity contribution in [3.05, 3.63) is 62.4 Å². The second kappa shape index (κ2) is 10.0. The van der Waals surface area contributed by atoms with E-state index in [0.717, 1.165) is 45.2 Å². The average molecular weight is 544 g/mol. The number of nitrogens with one attached hydrogen (secondary N) is 1. The summed E-state index contributed by atoms with van der Waals surface area (Å²) in [6.07, 6.45) is 3.04. The van der Waals surface area contributed by atoms with Gasteiger partial charge in [-0.05, 0) is 42.7 Å². The molecular formula is C24H22BrN3O3S2. The van der Waals surface area contributed by atoms with Crippen molar-refractivity contribution in [2.75, 3.05) is 18.2 Å². The number of methoxy groups -OCH3 is 1. The number of esters is 1. The Hall–Kier alpha value is -2.75. The van der Waals surface area contributed by atoms with E-state index in [4.69, 9.17) is 10.5 Å². The minimum atomic E-state index is -0.518. The molecule has 0 bridgehead atoms. The second-order valence-corrected chi connectivity index (χ2v) is 10.2. The van der Waals surface area contributed by atoms with Crippen molar-refractivity contribution in [3.63, 3.8) is 0 Å². The molecule has 0 aliphatic carbocycles. The zero-order chi connectivity index (χ0) is 23.5. The molecule has 0 atom stereocenters. The molecule has 4 rings (SSSR count). The summed E-state index contributed by atoms with van der Waals surface area (Å²) in [5, 5.41) is 5.88. The smallest absolute Gasteiger partial charge is 0.341 e. The summed E-state index contributed by atoms with van der Waals surface area (Å²) in [6, 6.07) is 11.5. The quantitative estimate of drug-likeness (QED) is 0.251. The third-order valence-corrected chi connectivity index (χ3v) is 7.75. The highest BCUT2D eigenvalue weighted by atomic mass is 79.9. The van der Waals surface area contributed by atoms with Gasteiger partial charge in [0.15, 0.2) is 0 Å². The molecule has 4 aromatic rings. The van der Waals surface area contributed by atoms with Gasteiger partial charge in [0.25, 0.3) is 5.91 Å². The van der Waals surface area contributed by atoms with E-state index in [0.29, 0.717) is 26.7 Å². The fourth-order valence-electron chi connectivity index (χ4n) is 3.46. The lowest BCUT2D eigenvalue weighted by atomic mass is 10.0. The van der Waals surface area contributed by atoms with Gasteiger partial charge in [0.2, 0.25) is 0 Å². The van der Waals surface area contributed by atoms with Crippen LogP contribution in [0, 0.1) is 0 Å². The number of nitrogens with two attached hydrogens (primary N) is 1. The van der Waals surface area contributed by atoms with Gasteiger partial charge >= 0.3 is 5.97 Å². The lowest BCUT2D eigenvalue weighted by Crippen LogP contribution is -2.14. The predicted molar refractivity (Wildman–Crippen MR) is 139 cm³/mol. The zero-order valence-corrected chi connectivity index (χ0v) is 21.3. The number of aryl methyl sites for hydroxylation is 1. The number of fused-ring (bicyclic) bond motifs is 1. The number of unbranched alkanes of at least 4 members (excludes halogenated alkanes) is 1. The van der Waals surface area contributed by atoms with Crippen LogP contribution in [0.1, 0.15) is 45.5 Å². The monoisotopic (exact) mass is 543 g/mol. The van der Waals surface area contributed by atoms with E-state index >= 15 is 0 Å². The van der Waals surface area contributed by atoms with Gasteiger partial charge in [-0.2, -0.15) is 0 Å². The number of ether oxygens (including phenoxy) is 1. The van der Waals surface area contributed by atoms with Crippen molar-refractivity contribution in [2.24, 2.45) is 0 Å². The Morgan fingerprint density at radius 1 is 1.18 bits per heavy atom. The van der Waals surface area contributed by atoms with E-state index in [-0.39, 0.29) is 5.91 Å². The highest BCUT2D eigenvalue weighted by Crippen LogP contribution is 2.38. The molecule has 0 radical (unpaired) electrons. The molecule has 33 heavy (non-hydrogen) atoms. The molecule has 0 saturated carbocycles. The molecular weight excluding hydrogens is 522 g/mol. The van der Waals surface area contributed by atoms with Gasteiger partial charge in [-0.15, -0.1) is 22.7 Å². The van der Waals surface area contributed by atoms with Crippen molar-refractivity contribution in [3.8, 4) is 11.1 Å². The third kappa shape index (κ3) is 4.80. The Bertz CT molecular complexity index is 1330. The number of anilines is 2. The van der Waals surface area contributed by atoms with Crippen molar-refractivity contribution >= 4 is 71.4 Å². The standard InChI is InChI=1S/C24H22BrN3O3S2/c1-3-4-5-15-10-11-16-19(26)20(33-22(16)27-15)21(29)28-23-18(24(30)31-2)17(12-32-23)13-6-8-14(25)9-7-13/h6-12H,3-5,26H2,1-2H3,(H,28,29). The number of carbonyl (C=O) groups is 2. The molecule has 0 saturated heterocycles. The molecule has 0 fully saturated rings. The summed E-state index contributed by atoms with van der Waals surface area (Å²) < 4.78 is 5.93. The van der Waals surface area contributed by atoms with Crippen molar-refractivity contribution in [1.29, 1.82) is 0 Å². The van der Waals surface area contributed by atoms with Gasteiger partial charge in [0.05, 0.1) is 12.8 Å². The maximum absolute atomic E-state index is 13.2. The van der Waals surface area contributed by atoms with Crippen LogP contribution in [-0.4, -0.2) is 24.0 Å². The summed E-state index contributed by atoms with van der Waals surface area (Å²) in [5.74, 6) is -0.893. The number of hydrogen-bond donors (Lipinski definition) is 2. The first-order valence-electron chi connectivity index (χ1n) is 10.4. The lowest BCUT2D eigenvalue weighted by Gasteiger charge is -2.08. The van der Waals surface area contributed by atoms with E-state index in [1.807, 2.05) is 41.8 Å². The van der Waals surface area contributed by atoms with Crippen LogP contribution in [0.2, 0.25) is 0 Å². The van der Waals surface area contributed by atoms with Gasteiger partial charge in [0.1, 0.15) is 20.3 Å². The first-order chi connectivity index (χ1) is 15.9. The largest absolute Gasteiger partial charge is 0.465 e. The molecule has 3 heterocycles. The first-order valence-corrected chi connectivity index (χ1v) is 12.9. The highest BCUT2D eigenvalue weighted by molar-refractivity contribution is 9.10. The summed E-state index contributed by atoms with van der Waals surface area (Å²) in [6.45, 7) is 2.14. The molecule has 0 spiro atoms. The van der Waals surface area contributed by atoms with Gasteiger partial charge in [-0.1, -0.05) is 41.4 Å². The molecule has 9 heteroatoms. The Kier molecular flexibility index (Phi) is 7.11. The maximum atomic E-state index is 13.2. The molecule has 6 nitrogen and oxygen atoms in total. The first kappa shape index (κ1) is 23.4. The van der Waals surface area contributed by atoms with Crippen LogP contribution in [0.25, 0.3) is 21.3 Å². The molecule has 1 aromatic carbocycles. The van der Waals surface area contributed by atoms with Crippen LogP contribution in [0.4, 0.5) is 10.7 Å². The van der Waals surface area contributed by atoms with Crippen molar-refractivity contribution in [1.82, 2.24) is 4.98 Å². The maximum Gasteiger partial charge on any atom is 0.341 e. The number of nitrogens with zero attached hydrogens (tertiary/aromatic N) is 1. The molecule has 170 valence electrons. The van der Waals surface area contributed by atoms with Crippen molar-refractivity contribution in [2.45, 2.75) is 26.2 Å². The Morgan fingerprint density at radius 2 is 1.94 bits per heavy atom. The molecule has 0 aliphatic heterocycles. The summed E-state index contributed by atoms with van der Waals surface area (Å²) in [7, 11) is 1.32. The zero-order valence-electron chi connectivity index (χ0n) is 18.1. The van der Waals surface area contributed by atoms with E-state index < -0.39 is 5.97 Å². The fourth-order valence-corrected chi connectivity index (χ4v) is 5.68. The number of hydrogen-bond acceptors (Lipinski definition) is 7. The summed E-state index contributed by atoms with van der Waals surface area (Å²) in [5.41, 5.74) is 9.54. The molecule has 0 aliphatic rings. The predicted octanol–water partition coefficient (Wildman–Crippen LogP) is 6.75. The van der Waals surface area contributed by atoms with Crippen LogP contribution >= 0.6 is 38.6 Å². The number of thiophene rings is 2. The summed E-state index contributed by atoms with van der Waals surface area (Å²) in [4.78, 5) is 31.5. The molecule has 1 amide bonds. The van der Waals surface area contributed by atoms with Gasteiger partial charge in [0, 0.05) is 26.5 Å². The topological polar surface area (TPSA) is 94.3 Å². The number of amides is 1. The van der Waals surface area contributed by atoms with E-state index in [1.165, 1.54) is 29.8 Å². The number of rotatable bonds is 7. The van der Waals surface area contributed by atoms with E-state index in [1.54, 1.807) is 0 Å². The number of halogens is 1. The number of nitrogen functional groups attached to an aromatic ring is 1. The van der Waals surface area contributed by atoms with Crippen LogP contribution in [0.5, 0.6) is 0 Å². The van der Waals surface area contributed by atoms with Crippen molar-refractivity contribution < 1.29 is 14.3 Å². The summed E-state index contributed by atoms with van der Waals surface area (Å²) >= 11 is 5.95. The molecule has 3 N–H and O–H groups in total. The molecule has 0 unspecified atom stereocenters. The van der Waals surface area contributed by atoms with Crippen LogP contribution in [0.3, 0.4) is 0 Å². The fraction of sp³-hybridized carbons (Fsp3) is 0.208. The lowest BCUT2D eigenvalue weighted by molar-refractivity contribution is 0.0603. The van der Waals surface area contributed by atoms with E-state index in [9.17, 15) is 9.59 Å². The van der Waals surface area contributed by atoms with Crippen LogP contribution in [0.15, 0.2) is 46.3 Å². The van der Waals surface area contributed by atoms with Gasteiger partial charge in [-0.3, -0.25) is 4.79 Å². The Balaban J connectivity index is 1.67. The number of pyridine rings is 1. The minimum absolute atomic E-state index is 0.317. The Labute approximate surface area is 207 Å². The normalized spacial score (nSPS) is 11.0. The SMILES string of the molecule is CCCCc1ccc2c(N)c(C(=O)Nc3scc(-c4ccc(Br)cc4)c3C(=O)OC)sc2n1. The van der Waals surface area contributed by atoms with E-state index in [2.05, 4.69) is 33.2 Å². The minimum Gasteiger partial charge on any atom is -0.465 e. The van der Waals surface area contributed by atoms with Gasteiger partial charge < -0.3 is 15.8 Å². The number of aromatic nitrogens is 1. The molecule has 3 aromatic heterocycles. The van der Waals surface area contributed by atoms with Gasteiger partial charge in [-0.25, -0.2) is 9.78 Å². The average Bonchev–Trinajstić information content (AvgIpc) is 3.38. The third-order valence-electron chi connectivity index (χ3n) is 5.21. The number of benzene rings is 1. The Morgan fingerprint density at radius 3 is 2.64 bits per heavy atom. The second-order valence-electron chi connectivity index (χ2n) is 7.41. The highest BCUT2D eigenvalue weighted by Gasteiger charge is 2.25. The van der Waals surface area contributed by atoms with Crippen LogP contribution in [-0.2, 0) is 11.2 Å². The van der Waals surface area contributed by atoms with Crippen LogP contribution < -0.4 is 11.1 Å².